The van der Waals surface area contributed by atoms with Crippen molar-refractivity contribution in [2.75, 3.05) is 78.5 Å². The molecule has 5 rings (SSSR count). The maximum absolute atomic E-state index is 2.76. The summed E-state index contributed by atoms with van der Waals surface area (Å²) >= 11 is 0. The molecule has 0 N–H and O–H groups in total. The van der Waals surface area contributed by atoms with Crippen molar-refractivity contribution < 1.29 is 0 Å². The third kappa shape index (κ3) is 23.9. The van der Waals surface area contributed by atoms with Gasteiger partial charge < -0.3 is 0 Å². The van der Waals surface area contributed by atoms with E-state index in [-0.39, 0.29) is 40.7 Å². The van der Waals surface area contributed by atoms with Crippen molar-refractivity contribution in [3.63, 3.8) is 0 Å². The number of rotatable bonds is 10. The Labute approximate surface area is 642 Å². The normalized spacial score (nSPS) is 22.2. The molecule has 6 heteroatoms. The van der Waals surface area contributed by atoms with Crippen LogP contribution in [-0.2, 0) is 0 Å². The molecule has 0 aromatic rings. The van der Waals surface area contributed by atoms with E-state index in [1.165, 1.54) is 130 Å². The van der Waals surface area contributed by atoms with Crippen LogP contribution in [-0.4, -0.2) is 141 Å². The van der Waals surface area contributed by atoms with Crippen LogP contribution in [0.5, 0.6) is 0 Å². The van der Waals surface area contributed by atoms with E-state index < -0.39 is 0 Å². The minimum Gasteiger partial charge on any atom is -0.298 e. The molecule has 0 aromatic heterocycles. The Morgan fingerprint density at radius 1 is 0.158 bits per heavy atom. The highest BCUT2D eigenvalue weighted by Crippen LogP contribution is 2.54. The first-order valence-electron chi connectivity index (χ1n) is 42.1. The summed E-state index contributed by atoms with van der Waals surface area (Å²) in [6, 6.07) is 0. The minimum atomic E-state index is 0. The molecule has 5 saturated heterocycles. The van der Waals surface area contributed by atoms with Gasteiger partial charge in [0.05, 0.1) is 0 Å². The first-order chi connectivity index (χ1) is 43.6. The summed E-state index contributed by atoms with van der Waals surface area (Å²) in [5, 5.41) is 0. The van der Waals surface area contributed by atoms with Gasteiger partial charge in [-0.3, -0.25) is 29.4 Å². The van der Waals surface area contributed by atoms with Crippen molar-refractivity contribution in [3.8, 4) is 0 Å². The van der Waals surface area contributed by atoms with Crippen LogP contribution in [0.25, 0.3) is 0 Å². The van der Waals surface area contributed by atoms with Crippen LogP contribution >= 0.6 is 0 Å². The highest BCUT2D eigenvalue weighted by atomic mass is 15.3. The van der Waals surface area contributed by atoms with E-state index in [9.17, 15) is 0 Å². The number of hydrogen-bond donors (Lipinski definition) is 0. The third-order valence-electron chi connectivity index (χ3n) is 34.7. The SMILES string of the molecule is C.CC(C)(C)C(C)(C)C1CCCN(C(C)(C)C(C)(C)C)C1.CC(C)(C)C(C)(C)C1CCCN(C(C)(C)C(C)(C)C)C1.CC(C)(C)C(C)(C)C1CCN(C(C)(C)C(C)(C)C)CC1.CC(C)(C)C(C)(C)C1CCN(C(C)(C)C(C)(C)C)CC1.CC(C)(C)C(C)(C)N1CCN(C(C)(C)C(C)(C)C)CC1. The lowest BCUT2D eigenvalue weighted by Gasteiger charge is -2.55. The first-order valence-corrected chi connectivity index (χ1v) is 42.1. The molecule has 0 bridgehead atoms. The number of piperidine rings is 4. The molecular formula is C95H198N6. The molecule has 0 aliphatic carbocycles. The number of likely N-dealkylation sites (tertiary alicyclic amines) is 4. The highest BCUT2D eigenvalue weighted by molar-refractivity contribution is 5.05. The molecule has 5 heterocycles. The Morgan fingerprint density at radius 2 is 0.307 bits per heavy atom. The van der Waals surface area contributed by atoms with Crippen molar-refractivity contribution in [2.45, 2.75) is 438 Å². The van der Waals surface area contributed by atoms with Gasteiger partial charge in [0.1, 0.15) is 0 Å². The predicted octanol–water partition coefficient (Wildman–Crippen LogP) is 27.3. The van der Waals surface area contributed by atoms with E-state index in [2.05, 4.69) is 376 Å². The van der Waals surface area contributed by atoms with Gasteiger partial charge in [0.25, 0.3) is 0 Å². The van der Waals surface area contributed by atoms with Gasteiger partial charge in [0.2, 0.25) is 0 Å². The Hall–Kier alpha value is -0.240. The van der Waals surface area contributed by atoms with E-state index in [1.807, 2.05) is 0 Å². The molecule has 101 heavy (non-hydrogen) atoms. The minimum absolute atomic E-state index is 0. The standard InChI is InChI=1S/4C19H39N.C18H38N2.CH4/c2*1-16(2,3)18(7,8)15-11-13-20(14-12-15)19(9,10)17(4,5)6;2*1-16(2,3)18(7,8)15-12-11-13-20(14-15)19(9,10)17(4,5)6;1-15(2,3)17(7,8)19-11-13-20(14-12-19)18(9,10)16(4,5)6;/h4*15H,11-14H2,1-10H3;11-14H2,1-10H3;1H4. The summed E-state index contributed by atoms with van der Waals surface area (Å²) in [6.07, 6.45) is 10.9. The van der Waals surface area contributed by atoms with E-state index in [1.54, 1.807) is 0 Å². The fourth-order valence-electron chi connectivity index (χ4n) is 15.6. The van der Waals surface area contributed by atoms with Crippen LogP contribution in [0.4, 0.5) is 0 Å². The average molecular weight is 1420 g/mol. The van der Waals surface area contributed by atoms with Gasteiger partial charge in [-0.15, -0.1) is 0 Å². The lowest BCUT2D eigenvalue weighted by atomic mass is 9.59. The Kier molecular flexibility index (Phi) is 33.7. The molecule has 0 radical (unpaired) electrons. The quantitative estimate of drug-likeness (QED) is 0.216. The zero-order valence-electron chi connectivity index (χ0n) is 79.1. The van der Waals surface area contributed by atoms with Gasteiger partial charge in [0.15, 0.2) is 0 Å². The van der Waals surface area contributed by atoms with Crippen molar-refractivity contribution in [1.29, 1.82) is 0 Å². The molecule has 5 aliphatic rings. The monoisotopic (exact) mass is 1420 g/mol. The van der Waals surface area contributed by atoms with Crippen LogP contribution in [0.2, 0.25) is 0 Å². The molecule has 6 nitrogen and oxygen atoms in total. The molecular weight excluding hydrogens is 1230 g/mol. The Morgan fingerprint density at radius 3 is 0.465 bits per heavy atom. The molecule has 2 unspecified atom stereocenters. The van der Waals surface area contributed by atoms with Crippen molar-refractivity contribution >= 4 is 0 Å². The molecule has 5 fully saturated rings. The van der Waals surface area contributed by atoms with Crippen LogP contribution < -0.4 is 0 Å². The van der Waals surface area contributed by atoms with Gasteiger partial charge in [-0.05, 0) is 273 Å². The maximum Gasteiger partial charge on any atom is 0.0202 e. The van der Waals surface area contributed by atoms with Gasteiger partial charge in [-0.1, -0.05) is 271 Å². The van der Waals surface area contributed by atoms with Gasteiger partial charge >= 0.3 is 0 Å². The Balaban J connectivity index is 0.00000123. The van der Waals surface area contributed by atoms with E-state index in [0.717, 1.165) is 23.7 Å². The summed E-state index contributed by atoms with van der Waals surface area (Å²) in [7, 11) is 0. The van der Waals surface area contributed by atoms with Crippen LogP contribution in [0.3, 0.4) is 0 Å². The third-order valence-corrected chi connectivity index (χ3v) is 34.7. The second-order valence-electron chi connectivity index (χ2n) is 49.8. The molecule has 2 atom stereocenters. The fraction of sp³-hybridized carbons (Fsp3) is 1.00. The maximum atomic E-state index is 2.76. The molecule has 0 spiro atoms. The smallest absolute Gasteiger partial charge is 0.0202 e. The number of piperazine rings is 1. The van der Waals surface area contributed by atoms with Gasteiger partial charge in [-0.25, -0.2) is 0 Å². The fourth-order valence-corrected chi connectivity index (χ4v) is 15.6. The zero-order chi connectivity index (χ0) is 79.9. The van der Waals surface area contributed by atoms with Gasteiger partial charge in [0, 0.05) is 72.5 Å². The van der Waals surface area contributed by atoms with Crippen molar-refractivity contribution in [1.82, 2.24) is 29.4 Å². The lowest BCUT2D eigenvalue weighted by Crippen LogP contribution is -2.64. The Bertz CT molecular complexity index is 2000. The summed E-state index contributed by atoms with van der Waals surface area (Å²) < 4.78 is 0. The molecule has 0 aromatic carbocycles. The largest absolute Gasteiger partial charge is 0.298 e. The molecule has 0 saturated carbocycles. The highest BCUT2D eigenvalue weighted by Gasteiger charge is 2.51. The number of nitrogens with zero attached hydrogens (tertiary/aromatic N) is 6. The predicted molar refractivity (Wildman–Crippen MR) is 461 cm³/mol. The van der Waals surface area contributed by atoms with Crippen LogP contribution in [0, 0.1) is 99.5 Å². The lowest BCUT2D eigenvalue weighted by molar-refractivity contribution is -0.0590. The molecule has 0 amide bonds. The zero-order valence-corrected chi connectivity index (χ0v) is 79.1. The molecule has 5 aliphatic heterocycles. The first kappa shape index (κ1) is 101. The summed E-state index contributed by atoms with van der Waals surface area (Å²) in [4.78, 5) is 16.3. The summed E-state index contributed by atoms with van der Waals surface area (Å²) in [5.41, 5.74) is 6.67. The molecule has 608 valence electrons. The average Bonchev–Trinajstić information content (AvgIpc) is 0.789. The number of hydrogen-bond acceptors (Lipinski definition) is 6. The van der Waals surface area contributed by atoms with E-state index >= 15 is 0 Å². The van der Waals surface area contributed by atoms with Crippen LogP contribution in [0.15, 0.2) is 0 Å². The van der Waals surface area contributed by atoms with E-state index in [0.29, 0.717) is 75.8 Å². The van der Waals surface area contributed by atoms with Crippen molar-refractivity contribution in [2.24, 2.45) is 99.5 Å². The summed E-state index contributed by atoms with van der Waals surface area (Å²) in [6.45, 7) is 135. The summed E-state index contributed by atoms with van der Waals surface area (Å²) in [5.74, 6) is 3.32. The topological polar surface area (TPSA) is 19.4 Å². The van der Waals surface area contributed by atoms with Gasteiger partial charge in [-0.2, -0.15) is 0 Å². The second kappa shape index (κ2) is 33.8. The van der Waals surface area contributed by atoms with Crippen LogP contribution in [0.1, 0.15) is 405 Å². The second-order valence-corrected chi connectivity index (χ2v) is 49.8. The van der Waals surface area contributed by atoms with Crippen molar-refractivity contribution in [3.05, 3.63) is 0 Å². The van der Waals surface area contributed by atoms with E-state index in [4.69, 9.17) is 0 Å².